The first-order valence-corrected chi connectivity index (χ1v) is 7.57. The smallest absolute Gasteiger partial charge is 0.204 e. The molecule has 2 N–H and O–H groups in total. The summed E-state index contributed by atoms with van der Waals surface area (Å²) in [7, 11) is 0. The number of hydrogen-bond donors (Lipinski definition) is 2. The van der Waals surface area contributed by atoms with Crippen molar-refractivity contribution >= 4 is 17.0 Å². The normalized spacial score (nSPS) is 12.5. The van der Waals surface area contributed by atoms with Crippen molar-refractivity contribution < 1.29 is 5.11 Å². The summed E-state index contributed by atoms with van der Waals surface area (Å²) in [6, 6.07) is 16.5. The predicted octanol–water partition coefficient (Wildman–Crippen LogP) is 3.19. The summed E-state index contributed by atoms with van der Waals surface area (Å²) < 4.78 is 2.17. The molecule has 0 aliphatic rings. The van der Waals surface area contributed by atoms with E-state index in [9.17, 15) is 5.11 Å². The lowest BCUT2D eigenvalue weighted by atomic mass is 10.1. The minimum absolute atomic E-state index is 0.410. The molecular weight excluding hydrogens is 274 g/mol. The Kier molecular flexibility index (Phi) is 4.11. The van der Waals surface area contributed by atoms with Crippen molar-refractivity contribution in [1.82, 2.24) is 9.55 Å². The van der Waals surface area contributed by atoms with Crippen molar-refractivity contribution in [3.63, 3.8) is 0 Å². The zero-order valence-corrected chi connectivity index (χ0v) is 13.0. The van der Waals surface area contributed by atoms with E-state index < -0.39 is 6.10 Å². The molecule has 1 heterocycles. The molecule has 4 heteroatoms. The average molecular weight is 295 g/mol. The molecule has 114 valence electrons. The van der Waals surface area contributed by atoms with Crippen LogP contribution in [0.15, 0.2) is 48.5 Å². The molecule has 0 bridgehead atoms. The molecule has 4 nitrogen and oxygen atoms in total. The summed E-state index contributed by atoms with van der Waals surface area (Å²) in [6.45, 7) is 5.13. The maximum Gasteiger partial charge on any atom is 0.204 e. The standard InChI is InChI=1S/C18H21N3O/c1-13-7-3-4-8-15(13)12-21-17-10-6-5-9-16(17)20-18(21)19-11-14(2)22/h3-10,14,22H,11-12H2,1-2H3,(H,19,20). The Labute approximate surface area is 130 Å². The quantitative estimate of drug-likeness (QED) is 0.760. The fourth-order valence-corrected chi connectivity index (χ4v) is 2.57. The van der Waals surface area contributed by atoms with Crippen LogP contribution in [-0.4, -0.2) is 27.3 Å². The van der Waals surface area contributed by atoms with Gasteiger partial charge in [0.25, 0.3) is 0 Å². The number of imidazole rings is 1. The molecule has 22 heavy (non-hydrogen) atoms. The average Bonchev–Trinajstić information content (AvgIpc) is 2.85. The van der Waals surface area contributed by atoms with E-state index in [0.29, 0.717) is 6.54 Å². The highest BCUT2D eigenvalue weighted by atomic mass is 16.3. The van der Waals surface area contributed by atoms with E-state index in [-0.39, 0.29) is 0 Å². The van der Waals surface area contributed by atoms with Gasteiger partial charge in [-0.3, -0.25) is 0 Å². The number of benzene rings is 2. The highest BCUT2D eigenvalue weighted by molar-refractivity contribution is 5.78. The van der Waals surface area contributed by atoms with E-state index in [1.54, 1.807) is 6.92 Å². The lowest BCUT2D eigenvalue weighted by Crippen LogP contribution is -2.18. The van der Waals surface area contributed by atoms with E-state index in [2.05, 4.69) is 52.1 Å². The second-order valence-corrected chi connectivity index (χ2v) is 5.67. The van der Waals surface area contributed by atoms with Crippen molar-refractivity contribution in [2.75, 3.05) is 11.9 Å². The molecule has 0 saturated heterocycles. The molecule has 3 aromatic rings. The van der Waals surface area contributed by atoms with Gasteiger partial charge in [-0.25, -0.2) is 4.98 Å². The largest absolute Gasteiger partial charge is 0.392 e. The van der Waals surface area contributed by atoms with E-state index >= 15 is 0 Å². The van der Waals surface area contributed by atoms with Crippen LogP contribution in [0.4, 0.5) is 5.95 Å². The first kappa shape index (κ1) is 14.6. The highest BCUT2D eigenvalue weighted by Crippen LogP contribution is 2.22. The lowest BCUT2D eigenvalue weighted by molar-refractivity contribution is 0.208. The molecule has 0 radical (unpaired) electrons. The molecule has 0 fully saturated rings. The van der Waals surface area contributed by atoms with Crippen LogP contribution in [0.25, 0.3) is 11.0 Å². The fraction of sp³-hybridized carbons (Fsp3) is 0.278. The summed E-state index contributed by atoms with van der Waals surface area (Å²) in [5, 5.41) is 12.8. The number of nitrogens with one attached hydrogen (secondary N) is 1. The van der Waals surface area contributed by atoms with Crippen molar-refractivity contribution in [2.24, 2.45) is 0 Å². The molecule has 3 rings (SSSR count). The first-order valence-electron chi connectivity index (χ1n) is 7.57. The summed E-state index contributed by atoms with van der Waals surface area (Å²) in [6.07, 6.45) is -0.410. The second-order valence-electron chi connectivity index (χ2n) is 5.67. The van der Waals surface area contributed by atoms with Crippen LogP contribution >= 0.6 is 0 Å². The van der Waals surface area contributed by atoms with Crippen LogP contribution in [0.3, 0.4) is 0 Å². The summed E-state index contributed by atoms with van der Waals surface area (Å²) in [5.74, 6) is 0.797. The van der Waals surface area contributed by atoms with Crippen molar-refractivity contribution in [2.45, 2.75) is 26.5 Å². The lowest BCUT2D eigenvalue weighted by Gasteiger charge is -2.13. The van der Waals surface area contributed by atoms with Crippen LogP contribution < -0.4 is 5.32 Å². The van der Waals surface area contributed by atoms with Gasteiger partial charge in [0.2, 0.25) is 5.95 Å². The number of aromatic nitrogens is 2. The van der Waals surface area contributed by atoms with Gasteiger partial charge in [-0.2, -0.15) is 0 Å². The third kappa shape index (κ3) is 2.97. The minimum Gasteiger partial charge on any atom is -0.392 e. The number of hydrogen-bond acceptors (Lipinski definition) is 3. The van der Waals surface area contributed by atoms with E-state index in [1.165, 1.54) is 11.1 Å². The van der Waals surface area contributed by atoms with Crippen molar-refractivity contribution in [3.05, 3.63) is 59.7 Å². The van der Waals surface area contributed by atoms with Crippen LogP contribution in [-0.2, 0) is 6.54 Å². The number of aliphatic hydroxyl groups is 1. The third-order valence-corrected chi connectivity index (χ3v) is 3.80. The Morgan fingerprint density at radius 1 is 1.14 bits per heavy atom. The van der Waals surface area contributed by atoms with Gasteiger partial charge in [0.1, 0.15) is 0 Å². The Hall–Kier alpha value is -2.33. The summed E-state index contributed by atoms with van der Waals surface area (Å²) in [4.78, 5) is 4.65. The van der Waals surface area contributed by atoms with Gasteiger partial charge >= 0.3 is 0 Å². The Morgan fingerprint density at radius 2 is 1.86 bits per heavy atom. The maximum atomic E-state index is 9.51. The molecule has 0 aliphatic heterocycles. The van der Waals surface area contributed by atoms with Gasteiger partial charge < -0.3 is 15.0 Å². The molecule has 0 aliphatic carbocycles. The zero-order valence-electron chi connectivity index (χ0n) is 13.0. The Bertz CT molecular complexity index is 777. The number of aryl methyl sites for hydroxylation is 1. The number of para-hydroxylation sites is 2. The maximum absolute atomic E-state index is 9.51. The molecule has 2 aromatic carbocycles. The molecule has 1 atom stereocenters. The minimum atomic E-state index is -0.410. The topological polar surface area (TPSA) is 50.1 Å². The molecule has 0 saturated carbocycles. The molecule has 1 unspecified atom stereocenters. The summed E-state index contributed by atoms with van der Waals surface area (Å²) in [5.41, 5.74) is 4.59. The number of anilines is 1. The molecule has 1 aromatic heterocycles. The summed E-state index contributed by atoms with van der Waals surface area (Å²) >= 11 is 0. The third-order valence-electron chi connectivity index (χ3n) is 3.80. The Morgan fingerprint density at radius 3 is 2.64 bits per heavy atom. The highest BCUT2D eigenvalue weighted by Gasteiger charge is 2.11. The van der Waals surface area contributed by atoms with Crippen LogP contribution in [0.5, 0.6) is 0 Å². The van der Waals surface area contributed by atoms with E-state index in [0.717, 1.165) is 23.5 Å². The second kappa shape index (κ2) is 6.20. The van der Waals surface area contributed by atoms with Gasteiger partial charge in [0.15, 0.2) is 0 Å². The van der Waals surface area contributed by atoms with Gasteiger partial charge in [0.05, 0.1) is 23.7 Å². The van der Waals surface area contributed by atoms with Crippen LogP contribution in [0.2, 0.25) is 0 Å². The van der Waals surface area contributed by atoms with Crippen molar-refractivity contribution in [1.29, 1.82) is 0 Å². The first-order chi connectivity index (χ1) is 10.6. The SMILES string of the molecule is Cc1ccccc1Cn1c(NCC(C)O)nc2ccccc21. The van der Waals surface area contributed by atoms with Crippen LogP contribution in [0.1, 0.15) is 18.1 Å². The van der Waals surface area contributed by atoms with Crippen LogP contribution in [0, 0.1) is 6.92 Å². The number of nitrogens with zero attached hydrogens (tertiary/aromatic N) is 2. The Balaban J connectivity index is 2.01. The zero-order chi connectivity index (χ0) is 15.5. The molecular formula is C18H21N3O. The van der Waals surface area contributed by atoms with E-state index in [4.69, 9.17) is 0 Å². The van der Waals surface area contributed by atoms with Gasteiger partial charge in [-0.05, 0) is 37.1 Å². The fourth-order valence-electron chi connectivity index (χ4n) is 2.57. The van der Waals surface area contributed by atoms with Crippen molar-refractivity contribution in [3.8, 4) is 0 Å². The number of rotatable bonds is 5. The van der Waals surface area contributed by atoms with Gasteiger partial charge in [-0.1, -0.05) is 36.4 Å². The molecule has 0 amide bonds. The number of aliphatic hydroxyl groups excluding tert-OH is 1. The van der Waals surface area contributed by atoms with Gasteiger partial charge in [-0.15, -0.1) is 0 Å². The monoisotopic (exact) mass is 295 g/mol. The van der Waals surface area contributed by atoms with Gasteiger partial charge in [0, 0.05) is 6.54 Å². The molecule has 0 spiro atoms. The number of fused-ring (bicyclic) bond motifs is 1. The van der Waals surface area contributed by atoms with E-state index in [1.807, 2.05) is 18.2 Å². The predicted molar refractivity (Wildman–Crippen MR) is 90.2 cm³/mol.